The largest absolute Gasteiger partial charge is 0.495 e. The molecule has 0 radical (unpaired) electrons. The van der Waals surface area contributed by atoms with Crippen molar-refractivity contribution >= 4 is 39.1 Å². The van der Waals surface area contributed by atoms with Crippen LogP contribution in [0, 0.1) is 6.92 Å². The molecule has 1 atom stereocenters. The van der Waals surface area contributed by atoms with Gasteiger partial charge in [0.1, 0.15) is 18.3 Å². The van der Waals surface area contributed by atoms with E-state index in [4.69, 9.17) is 16.3 Å². The first-order chi connectivity index (χ1) is 18.6. The summed E-state index contributed by atoms with van der Waals surface area (Å²) >= 11 is 6.25. The first-order valence-electron chi connectivity index (χ1n) is 12.6. The van der Waals surface area contributed by atoms with Crippen LogP contribution in [-0.2, 0) is 26.2 Å². The molecule has 3 aromatic carbocycles. The van der Waals surface area contributed by atoms with Crippen LogP contribution in [0.25, 0.3) is 0 Å². The molecule has 0 aromatic heterocycles. The summed E-state index contributed by atoms with van der Waals surface area (Å²) in [5.41, 5.74) is 1.97. The number of nitrogens with one attached hydrogen (secondary N) is 1. The van der Waals surface area contributed by atoms with Crippen molar-refractivity contribution < 1.29 is 22.7 Å². The van der Waals surface area contributed by atoms with Gasteiger partial charge in [0.15, 0.2) is 0 Å². The molecule has 0 aliphatic rings. The summed E-state index contributed by atoms with van der Waals surface area (Å²) in [4.78, 5) is 28.3. The average Bonchev–Trinajstić information content (AvgIpc) is 2.94. The maximum Gasteiger partial charge on any atom is 0.264 e. The van der Waals surface area contributed by atoms with E-state index in [0.29, 0.717) is 6.54 Å². The molecule has 8 nitrogen and oxygen atoms in total. The Bertz CT molecular complexity index is 1380. The Balaban J connectivity index is 2.07. The van der Waals surface area contributed by atoms with E-state index in [0.717, 1.165) is 21.9 Å². The maximum absolute atomic E-state index is 13.9. The Hall–Kier alpha value is -3.56. The van der Waals surface area contributed by atoms with Gasteiger partial charge in [-0.25, -0.2) is 8.42 Å². The van der Waals surface area contributed by atoms with Gasteiger partial charge in [-0.05, 0) is 56.2 Å². The third-order valence-corrected chi connectivity index (χ3v) is 8.22. The minimum atomic E-state index is -4.22. The number of ether oxygens (including phenoxy) is 1. The zero-order valence-electron chi connectivity index (χ0n) is 22.6. The van der Waals surface area contributed by atoms with E-state index in [9.17, 15) is 18.0 Å². The van der Waals surface area contributed by atoms with Gasteiger partial charge in [-0.2, -0.15) is 0 Å². The number of sulfonamides is 1. The predicted molar refractivity (Wildman–Crippen MR) is 153 cm³/mol. The Morgan fingerprint density at radius 3 is 2.31 bits per heavy atom. The fourth-order valence-electron chi connectivity index (χ4n) is 3.96. The van der Waals surface area contributed by atoms with E-state index in [1.165, 1.54) is 30.2 Å². The highest BCUT2D eigenvalue weighted by Gasteiger charge is 2.33. The molecule has 0 unspecified atom stereocenters. The lowest BCUT2D eigenvalue weighted by Gasteiger charge is -2.32. The van der Waals surface area contributed by atoms with E-state index in [1.807, 2.05) is 38.1 Å². The van der Waals surface area contributed by atoms with Gasteiger partial charge in [-0.3, -0.25) is 13.9 Å². The Morgan fingerprint density at radius 1 is 1.03 bits per heavy atom. The van der Waals surface area contributed by atoms with E-state index in [2.05, 4.69) is 5.32 Å². The van der Waals surface area contributed by atoms with Crippen molar-refractivity contribution in [2.24, 2.45) is 0 Å². The molecule has 0 saturated carbocycles. The molecule has 3 aromatic rings. The summed E-state index contributed by atoms with van der Waals surface area (Å²) in [6, 6.07) is 19.1. The Labute approximate surface area is 235 Å². The van der Waals surface area contributed by atoms with E-state index >= 15 is 0 Å². The van der Waals surface area contributed by atoms with Gasteiger partial charge >= 0.3 is 0 Å². The second-order valence-electron chi connectivity index (χ2n) is 9.12. The van der Waals surface area contributed by atoms with Gasteiger partial charge < -0.3 is 15.0 Å². The molecule has 0 bridgehead atoms. The molecule has 39 heavy (non-hydrogen) atoms. The summed E-state index contributed by atoms with van der Waals surface area (Å²) in [6.45, 7) is 5.52. The van der Waals surface area contributed by atoms with Gasteiger partial charge in [0, 0.05) is 18.1 Å². The second kappa shape index (κ2) is 13.5. The lowest BCUT2D eigenvalue weighted by molar-refractivity contribution is -0.139. The minimum absolute atomic E-state index is 0.00125. The van der Waals surface area contributed by atoms with Crippen LogP contribution >= 0.6 is 11.6 Å². The standard InChI is InChI=1S/C29H34ClN3O5S/c1-5-17-31-29(35)22(3)32(19-23-13-11-21(2)12-14-23)28(34)20-33(26-18-24(30)15-16-27(26)38-4)39(36,37)25-9-7-6-8-10-25/h6-16,18,22H,5,17,19-20H2,1-4H3,(H,31,35)/t22-/m1/s1. The molecular formula is C29H34ClN3O5S. The molecule has 0 aliphatic carbocycles. The molecular weight excluding hydrogens is 538 g/mol. The maximum atomic E-state index is 13.9. The number of nitrogens with zero attached hydrogens (tertiary/aromatic N) is 2. The van der Waals surface area contributed by atoms with E-state index < -0.39 is 28.5 Å². The highest BCUT2D eigenvalue weighted by atomic mass is 35.5. The van der Waals surface area contributed by atoms with Crippen molar-refractivity contribution in [3.05, 3.63) is 88.9 Å². The monoisotopic (exact) mass is 571 g/mol. The smallest absolute Gasteiger partial charge is 0.264 e. The minimum Gasteiger partial charge on any atom is -0.495 e. The zero-order valence-corrected chi connectivity index (χ0v) is 24.1. The van der Waals surface area contributed by atoms with Crippen molar-refractivity contribution in [3.63, 3.8) is 0 Å². The molecule has 0 saturated heterocycles. The van der Waals surface area contributed by atoms with Gasteiger partial charge in [-0.15, -0.1) is 0 Å². The predicted octanol–water partition coefficient (Wildman–Crippen LogP) is 4.80. The molecule has 0 spiro atoms. The van der Waals surface area contributed by atoms with Crippen LogP contribution in [0.15, 0.2) is 77.7 Å². The molecule has 208 valence electrons. The summed E-state index contributed by atoms with van der Waals surface area (Å²) in [5, 5.41) is 3.10. The molecule has 3 rings (SSSR count). The number of hydrogen-bond acceptors (Lipinski definition) is 5. The lowest BCUT2D eigenvalue weighted by atomic mass is 10.1. The van der Waals surface area contributed by atoms with Gasteiger partial charge in [0.05, 0.1) is 17.7 Å². The van der Waals surface area contributed by atoms with Crippen molar-refractivity contribution in [2.45, 2.75) is 44.7 Å². The zero-order chi connectivity index (χ0) is 28.6. The summed E-state index contributed by atoms with van der Waals surface area (Å²) in [5.74, 6) is -0.656. The van der Waals surface area contributed by atoms with Crippen LogP contribution < -0.4 is 14.4 Å². The fourth-order valence-corrected chi connectivity index (χ4v) is 5.56. The number of aryl methyl sites for hydroxylation is 1. The number of benzene rings is 3. The molecule has 1 N–H and O–H groups in total. The summed E-state index contributed by atoms with van der Waals surface area (Å²) in [6.07, 6.45) is 0.738. The normalized spacial score (nSPS) is 11.9. The molecule has 2 amide bonds. The van der Waals surface area contributed by atoms with Gasteiger partial charge in [0.2, 0.25) is 11.8 Å². The topological polar surface area (TPSA) is 96.0 Å². The van der Waals surface area contributed by atoms with Gasteiger partial charge in [-0.1, -0.05) is 66.6 Å². The quantitative estimate of drug-likeness (QED) is 0.337. The number of amides is 2. The highest BCUT2D eigenvalue weighted by Crippen LogP contribution is 2.35. The van der Waals surface area contributed by atoms with E-state index in [-0.39, 0.29) is 33.8 Å². The van der Waals surface area contributed by atoms with Crippen molar-refractivity contribution in [1.29, 1.82) is 0 Å². The van der Waals surface area contributed by atoms with Crippen molar-refractivity contribution in [1.82, 2.24) is 10.2 Å². The number of anilines is 1. The number of carbonyl (C=O) groups excluding carboxylic acids is 2. The number of halogens is 1. The SMILES string of the molecule is CCCNC(=O)[C@@H](C)N(Cc1ccc(C)cc1)C(=O)CN(c1cc(Cl)ccc1OC)S(=O)(=O)c1ccccc1. The van der Waals surface area contributed by atoms with Crippen LogP contribution in [0.1, 0.15) is 31.4 Å². The molecule has 10 heteroatoms. The Morgan fingerprint density at radius 2 is 1.69 bits per heavy atom. The molecule has 0 heterocycles. The lowest BCUT2D eigenvalue weighted by Crippen LogP contribution is -2.51. The van der Waals surface area contributed by atoms with Crippen LogP contribution in [0.5, 0.6) is 5.75 Å². The first kappa shape index (κ1) is 30.0. The highest BCUT2D eigenvalue weighted by molar-refractivity contribution is 7.92. The average molecular weight is 572 g/mol. The molecule has 0 fully saturated rings. The Kier molecular flexibility index (Phi) is 10.4. The van der Waals surface area contributed by atoms with Crippen LogP contribution in [0.2, 0.25) is 5.02 Å². The van der Waals surface area contributed by atoms with Crippen molar-refractivity contribution in [2.75, 3.05) is 24.5 Å². The molecule has 0 aliphatic heterocycles. The number of carbonyl (C=O) groups is 2. The van der Waals surface area contributed by atoms with E-state index in [1.54, 1.807) is 37.3 Å². The number of rotatable bonds is 12. The third kappa shape index (κ3) is 7.52. The van der Waals surface area contributed by atoms with Crippen LogP contribution in [0.3, 0.4) is 0 Å². The number of methoxy groups -OCH3 is 1. The van der Waals surface area contributed by atoms with Crippen molar-refractivity contribution in [3.8, 4) is 5.75 Å². The van der Waals surface area contributed by atoms with Gasteiger partial charge in [0.25, 0.3) is 10.0 Å². The third-order valence-electron chi connectivity index (χ3n) is 6.21. The van der Waals surface area contributed by atoms with Crippen LogP contribution in [0.4, 0.5) is 5.69 Å². The summed E-state index contributed by atoms with van der Waals surface area (Å²) < 4.78 is 34.2. The second-order valence-corrected chi connectivity index (χ2v) is 11.4. The van der Waals surface area contributed by atoms with Crippen LogP contribution in [-0.4, -0.2) is 51.4 Å². The summed E-state index contributed by atoms with van der Waals surface area (Å²) in [7, 11) is -2.82. The number of hydrogen-bond donors (Lipinski definition) is 1. The fraction of sp³-hybridized carbons (Fsp3) is 0.310. The first-order valence-corrected chi connectivity index (χ1v) is 14.4.